The van der Waals surface area contributed by atoms with Gasteiger partial charge >= 0.3 is 0 Å². The van der Waals surface area contributed by atoms with Crippen molar-refractivity contribution >= 4 is 17.5 Å². The Morgan fingerprint density at radius 3 is 2.45 bits per heavy atom. The van der Waals surface area contributed by atoms with Gasteiger partial charge in [0.25, 0.3) is 0 Å². The molecule has 0 aliphatic carbocycles. The molecular weight excluding hydrogens is 280 g/mol. The zero-order valence-electron chi connectivity index (χ0n) is 13.3. The minimum absolute atomic E-state index is 0.0773. The van der Waals surface area contributed by atoms with E-state index in [2.05, 4.69) is 10.6 Å². The van der Waals surface area contributed by atoms with E-state index in [9.17, 15) is 9.59 Å². The second-order valence-corrected chi connectivity index (χ2v) is 5.68. The molecule has 2 N–H and O–H groups in total. The lowest BCUT2D eigenvalue weighted by Gasteiger charge is -2.29. The maximum absolute atomic E-state index is 12.2. The summed E-state index contributed by atoms with van der Waals surface area (Å²) < 4.78 is 0. The molecule has 2 amide bonds. The Morgan fingerprint density at radius 1 is 1.23 bits per heavy atom. The molecule has 1 aliphatic heterocycles. The van der Waals surface area contributed by atoms with Gasteiger partial charge in [-0.2, -0.15) is 0 Å². The molecule has 0 bridgehead atoms. The molecule has 120 valence electrons. The summed E-state index contributed by atoms with van der Waals surface area (Å²) in [6.45, 7) is 5.95. The topological polar surface area (TPSA) is 64.7 Å². The van der Waals surface area contributed by atoms with Crippen molar-refractivity contribution in [2.75, 3.05) is 45.1 Å². The summed E-state index contributed by atoms with van der Waals surface area (Å²) in [4.78, 5) is 27.1. The lowest BCUT2D eigenvalue weighted by atomic mass is 10.2. The predicted molar refractivity (Wildman–Crippen MR) is 86.5 cm³/mol. The Labute approximate surface area is 131 Å². The van der Waals surface area contributed by atoms with Gasteiger partial charge in [0.1, 0.15) is 0 Å². The van der Waals surface area contributed by atoms with Gasteiger partial charge in [0.05, 0.1) is 6.54 Å². The van der Waals surface area contributed by atoms with Gasteiger partial charge in [-0.15, -0.1) is 0 Å². The SMILES string of the molecule is CC(=O)Nc1ccc(CN(C)CC(=O)N2CCNCC2)cc1. The first-order chi connectivity index (χ1) is 10.5. The number of hydrogen-bond acceptors (Lipinski definition) is 4. The Morgan fingerprint density at radius 2 is 1.86 bits per heavy atom. The highest BCUT2D eigenvalue weighted by Gasteiger charge is 2.17. The largest absolute Gasteiger partial charge is 0.339 e. The van der Waals surface area contributed by atoms with E-state index in [0.29, 0.717) is 13.1 Å². The van der Waals surface area contributed by atoms with E-state index < -0.39 is 0 Å². The quantitative estimate of drug-likeness (QED) is 0.832. The molecule has 0 atom stereocenters. The first-order valence-electron chi connectivity index (χ1n) is 7.58. The molecular formula is C16H24N4O2. The number of carbonyl (C=O) groups excluding carboxylic acids is 2. The molecule has 0 saturated carbocycles. The summed E-state index contributed by atoms with van der Waals surface area (Å²) in [5.74, 6) is 0.102. The van der Waals surface area contributed by atoms with Crippen molar-refractivity contribution in [3.8, 4) is 0 Å². The Hall–Kier alpha value is -1.92. The van der Waals surface area contributed by atoms with Gasteiger partial charge in [0.15, 0.2) is 0 Å². The van der Waals surface area contributed by atoms with Gasteiger partial charge in [-0.25, -0.2) is 0 Å². The summed E-state index contributed by atoms with van der Waals surface area (Å²) in [6.07, 6.45) is 0. The predicted octanol–water partition coefficient (Wildman–Crippen LogP) is 0.509. The summed E-state index contributed by atoms with van der Waals surface area (Å²) in [5.41, 5.74) is 1.90. The van der Waals surface area contributed by atoms with Crippen molar-refractivity contribution in [2.45, 2.75) is 13.5 Å². The Kier molecular flexibility index (Phi) is 5.91. The number of carbonyl (C=O) groups is 2. The van der Waals surface area contributed by atoms with Crippen molar-refractivity contribution in [3.05, 3.63) is 29.8 Å². The number of piperazine rings is 1. The highest BCUT2D eigenvalue weighted by Crippen LogP contribution is 2.11. The fraction of sp³-hybridized carbons (Fsp3) is 0.500. The highest BCUT2D eigenvalue weighted by molar-refractivity contribution is 5.88. The standard InChI is InChI=1S/C16H24N4O2/c1-13(21)18-15-5-3-14(4-6-15)11-19(2)12-16(22)20-9-7-17-8-10-20/h3-6,17H,7-12H2,1-2H3,(H,18,21). The molecule has 1 heterocycles. The molecule has 1 aromatic rings. The molecule has 2 rings (SSSR count). The van der Waals surface area contributed by atoms with E-state index >= 15 is 0 Å². The fourth-order valence-electron chi connectivity index (χ4n) is 2.51. The van der Waals surface area contributed by atoms with Crippen LogP contribution in [-0.4, -0.2) is 61.4 Å². The minimum Gasteiger partial charge on any atom is -0.339 e. The van der Waals surface area contributed by atoms with Crippen LogP contribution < -0.4 is 10.6 Å². The number of amides is 2. The van der Waals surface area contributed by atoms with E-state index in [4.69, 9.17) is 0 Å². The van der Waals surface area contributed by atoms with Crippen molar-refractivity contribution in [2.24, 2.45) is 0 Å². The van der Waals surface area contributed by atoms with Gasteiger partial charge in [-0.1, -0.05) is 12.1 Å². The third kappa shape index (κ3) is 5.13. The molecule has 6 nitrogen and oxygen atoms in total. The zero-order valence-corrected chi connectivity index (χ0v) is 13.3. The fourth-order valence-corrected chi connectivity index (χ4v) is 2.51. The molecule has 1 saturated heterocycles. The van der Waals surface area contributed by atoms with Crippen LogP contribution in [0, 0.1) is 0 Å². The summed E-state index contributed by atoms with van der Waals surface area (Å²) in [5, 5.41) is 5.99. The van der Waals surface area contributed by atoms with Gasteiger partial charge in [-0.05, 0) is 24.7 Å². The van der Waals surface area contributed by atoms with Gasteiger partial charge in [-0.3, -0.25) is 14.5 Å². The van der Waals surface area contributed by atoms with Crippen LogP contribution in [0.5, 0.6) is 0 Å². The summed E-state index contributed by atoms with van der Waals surface area (Å²) in [7, 11) is 1.95. The Balaban J connectivity index is 1.81. The van der Waals surface area contributed by atoms with Crippen LogP contribution in [0.2, 0.25) is 0 Å². The van der Waals surface area contributed by atoms with Crippen LogP contribution >= 0.6 is 0 Å². The van der Waals surface area contributed by atoms with E-state index in [1.165, 1.54) is 6.92 Å². The highest BCUT2D eigenvalue weighted by atomic mass is 16.2. The smallest absolute Gasteiger partial charge is 0.236 e. The maximum Gasteiger partial charge on any atom is 0.236 e. The van der Waals surface area contributed by atoms with Crippen molar-refractivity contribution in [1.82, 2.24) is 15.1 Å². The molecule has 0 unspecified atom stereocenters. The molecule has 1 aromatic carbocycles. The first kappa shape index (κ1) is 16.5. The van der Waals surface area contributed by atoms with E-state index in [1.54, 1.807) is 0 Å². The van der Waals surface area contributed by atoms with Crippen LogP contribution in [0.3, 0.4) is 0 Å². The van der Waals surface area contributed by atoms with Crippen LogP contribution in [-0.2, 0) is 16.1 Å². The van der Waals surface area contributed by atoms with Crippen LogP contribution in [0.1, 0.15) is 12.5 Å². The zero-order chi connectivity index (χ0) is 15.9. The lowest BCUT2D eigenvalue weighted by molar-refractivity contribution is -0.132. The third-order valence-electron chi connectivity index (χ3n) is 3.60. The van der Waals surface area contributed by atoms with Crippen molar-refractivity contribution in [3.63, 3.8) is 0 Å². The van der Waals surface area contributed by atoms with E-state index in [1.807, 2.05) is 41.1 Å². The summed E-state index contributed by atoms with van der Waals surface area (Å²) in [6, 6.07) is 7.69. The van der Waals surface area contributed by atoms with Crippen LogP contribution in [0.4, 0.5) is 5.69 Å². The summed E-state index contributed by atoms with van der Waals surface area (Å²) >= 11 is 0. The van der Waals surface area contributed by atoms with Crippen LogP contribution in [0.25, 0.3) is 0 Å². The van der Waals surface area contributed by atoms with Crippen molar-refractivity contribution < 1.29 is 9.59 Å². The number of nitrogens with one attached hydrogen (secondary N) is 2. The van der Waals surface area contributed by atoms with E-state index in [-0.39, 0.29) is 11.8 Å². The van der Waals surface area contributed by atoms with Crippen LogP contribution in [0.15, 0.2) is 24.3 Å². The molecule has 1 fully saturated rings. The third-order valence-corrected chi connectivity index (χ3v) is 3.60. The van der Waals surface area contributed by atoms with Gasteiger partial charge in [0.2, 0.25) is 11.8 Å². The average Bonchev–Trinajstić information content (AvgIpc) is 2.49. The van der Waals surface area contributed by atoms with E-state index in [0.717, 1.165) is 37.4 Å². The second kappa shape index (κ2) is 7.91. The second-order valence-electron chi connectivity index (χ2n) is 5.68. The number of rotatable bonds is 5. The monoisotopic (exact) mass is 304 g/mol. The van der Waals surface area contributed by atoms with Gasteiger partial charge < -0.3 is 15.5 Å². The normalized spacial score (nSPS) is 15.0. The van der Waals surface area contributed by atoms with Gasteiger partial charge in [0, 0.05) is 45.3 Å². The number of nitrogens with zero attached hydrogens (tertiary/aromatic N) is 2. The first-order valence-corrected chi connectivity index (χ1v) is 7.58. The molecule has 22 heavy (non-hydrogen) atoms. The Bertz CT molecular complexity index is 509. The molecule has 1 aliphatic rings. The molecule has 0 radical (unpaired) electrons. The van der Waals surface area contributed by atoms with Crippen molar-refractivity contribution in [1.29, 1.82) is 0 Å². The molecule has 0 aromatic heterocycles. The number of hydrogen-bond donors (Lipinski definition) is 2. The minimum atomic E-state index is -0.0773. The molecule has 6 heteroatoms. The maximum atomic E-state index is 12.2. The average molecular weight is 304 g/mol. The lowest BCUT2D eigenvalue weighted by Crippen LogP contribution is -2.49. The molecule has 0 spiro atoms. The number of likely N-dealkylation sites (N-methyl/N-ethyl adjacent to an activating group) is 1. The number of benzene rings is 1. The number of anilines is 1.